The zero-order valence-electron chi connectivity index (χ0n) is 16.2. The molecule has 0 bridgehead atoms. The van der Waals surface area contributed by atoms with Crippen LogP contribution in [-0.2, 0) is 19.3 Å². The third-order valence-electron chi connectivity index (χ3n) is 3.75. The van der Waals surface area contributed by atoms with Crippen molar-refractivity contribution >= 4 is 10.4 Å². The van der Waals surface area contributed by atoms with E-state index in [-0.39, 0.29) is 0 Å². The van der Waals surface area contributed by atoms with Crippen molar-refractivity contribution < 1.29 is 96.5 Å². The van der Waals surface area contributed by atoms with Crippen LogP contribution in [0.1, 0.15) is 0 Å². The average molecular weight is 600 g/mol. The molecule has 0 spiro atoms. The van der Waals surface area contributed by atoms with Crippen LogP contribution in [0.2, 0.25) is 0 Å². The molecule has 0 unspecified atom stereocenters. The van der Waals surface area contributed by atoms with Crippen molar-refractivity contribution in [1.29, 1.82) is 0 Å². The molecular formula is C13H9F17O5S. The van der Waals surface area contributed by atoms with Gasteiger partial charge in [0.05, 0.1) is 19.8 Å². The molecule has 36 heavy (non-hydrogen) atoms. The number of alkyl halides is 17. The lowest BCUT2D eigenvalue weighted by atomic mass is 9.89. The van der Waals surface area contributed by atoms with E-state index in [0.29, 0.717) is 0 Å². The Hall–Kier alpha value is -1.62. The molecule has 5 nitrogen and oxygen atoms in total. The molecule has 0 rings (SSSR count). The molecule has 0 saturated heterocycles. The van der Waals surface area contributed by atoms with Crippen LogP contribution in [0.15, 0.2) is 12.2 Å². The van der Waals surface area contributed by atoms with Crippen molar-refractivity contribution in [2.24, 2.45) is 0 Å². The van der Waals surface area contributed by atoms with Crippen molar-refractivity contribution in [2.45, 2.75) is 47.6 Å². The lowest BCUT2D eigenvalue weighted by Gasteiger charge is -2.42. The van der Waals surface area contributed by atoms with Gasteiger partial charge >= 0.3 is 58.0 Å². The van der Waals surface area contributed by atoms with E-state index >= 15 is 0 Å². The van der Waals surface area contributed by atoms with Crippen molar-refractivity contribution in [3.8, 4) is 0 Å². The van der Waals surface area contributed by atoms with Gasteiger partial charge in [-0.3, -0.25) is 4.55 Å². The van der Waals surface area contributed by atoms with Gasteiger partial charge in [-0.05, 0) is 6.08 Å². The van der Waals surface area contributed by atoms with Gasteiger partial charge in [0.25, 0.3) is 0 Å². The third kappa shape index (κ3) is 5.92. The van der Waals surface area contributed by atoms with Gasteiger partial charge in [-0.15, -0.1) is 0 Å². The predicted octanol–water partition coefficient (Wildman–Crippen LogP) is 5.39. The van der Waals surface area contributed by atoms with Crippen LogP contribution in [-0.4, -0.2) is 80.4 Å². The van der Waals surface area contributed by atoms with Gasteiger partial charge in [0.2, 0.25) is 0 Å². The molecule has 0 amide bonds. The fraction of sp³-hybridized carbons (Fsp3) is 0.846. The second-order valence-electron chi connectivity index (χ2n) is 6.29. The maximum Gasteiger partial charge on any atom is 0.460 e. The number of hydrogen-bond donors (Lipinski definition) is 1. The van der Waals surface area contributed by atoms with Crippen molar-refractivity contribution in [2.75, 3.05) is 19.8 Å². The topological polar surface area (TPSA) is 72.8 Å². The van der Waals surface area contributed by atoms with E-state index in [2.05, 4.69) is 8.92 Å². The zero-order valence-corrected chi connectivity index (χ0v) is 17.0. The molecule has 0 atom stereocenters. The predicted molar refractivity (Wildman–Crippen MR) is 78.1 cm³/mol. The number of hydrogen-bond acceptors (Lipinski definition) is 4. The molecule has 0 aromatic heterocycles. The third-order valence-corrected chi connectivity index (χ3v) is 4.21. The minimum Gasteiger partial charge on any atom is -0.375 e. The molecule has 0 aliphatic carbocycles. The standard InChI is InChI=1S/C13H9F17O5S/c14-6(15,2-1-3-34-4-5-35-36(31,32)33)7(16,17)8(18,19)9(20,21)10(22,23)11(24,25)12(26,27)13(28,29)30/h1-2H,3-5H2,(H,31,32,33)/b2-1+. The first-order chi connectivity index (χ1) is 15.5. The van der Waals surface area contributed by atoms with Crippen LogP contribution in [0.5, 0.6) is 0 Å². The number of ether oxygens (including phenoxy) is 1. The Kier molecular flexibility index (Phi) is 9.48. The van der Waals surface area contributed by atoms with Crippen LogP contribution < -0.4 is 0 Å². The van der Waals surface area contributed by atoms with Gasteiger partial charge in [-0.25, -0.2) is 4.18 Å². The highest BCUT2D eigenvalue weighted by Crippen LogP contribution is 2.64. The monoisotopic (exact) mass is 600 g/mol. The maximum absolute atomic E-state index is 13.5. The van der Waals surface area contributed by atoms with Crippen molar-refractivity contribution in [3.05, 3.63) is 12.2 Å². The van der Waals surface area contributed by atoms with Crippen LogP contribution in [0.25, 0.3) is 0 Å². The fourth-order valence-electron chi connectivity index (χ4n) is 1.83. The minimum absolute atomic E-state index is 0.417. The molecule has 0 heterocycles. The molecular weight excluding hydrogens is 591 g/mol. The fourth-order valence-corrected chi connectivity index (χ4v) is 2.11. The Balaban J connectivity index is 6.04. The molecule has 0 aromatic rings. The summed E-state index contributed by atoms with van der Waals surface area (Å²) < 4.78 is 258. The molecule has 0 radical (unpaired) electrons. The normalized spacial score (nSPS) is 16.2. The van der Waals surface area contributed by atoms with Crippen LogP contribution in [0.4, 0.5) is 74.6 Å². The molecule has 0 aliphatic heterocycles. The van der Waals surface area contributed by atoms with Crippen molar-refractivity contribution in [1.82, 2.24) is 0 Å². The van der Waals surface area contributed by atoms with Gasteiger partial charge in [0, 0.05) is 0 Å². The maximum atomic E-state index is 13.5. The van der Waals surface area contributed by atoms with E-state index in [9.17, 15) is 83.1 Å². The molecule has 0 saturated carbocycles. The van der Waals surface area contributed by atoms with Gasteiger partial charge in [0.1, 0.15) is 0 Å². The first kappa shape index (κ1) is 34.4. The highest BCUT2D eigenvalue weighted by Gasteiger charge is 2.95. The van der Waals surface area contributed by atoms with Crippen LogP contribution >= 0.6 is 0 Å². The van der Waals surface area contributed by atoms with Crippen molar-refractivity contribution in [3.63, 3.8) is 0 Å². The van der Waals surface area contributed by atoms with E-state index in [1.165, 1.54) is 0 Å². The first-order valence-corrected chi connectivity index (χ1v) is 9.41. The van der Waals surface area contributed by atoms with Crippen LogP contribution in [0.3, 0.4) is 0 Å². The summed E-state index contributed by atoms with van der Waals surface area (Å²) in [6, 6.07) is 0. The number of allylic oxidation sites excluding steroid dienone is 1. The van der Waals surface area contributed by atoms with Gasteiger partial charge in [-0.1, -0.05) is 6.08 Å². The Bertz CT molecular complexity index is 893. The second-order valence-corrected chi connectivity index (χ2v) is 7.39. The van der Waals surface area contributed by atoms with Gasteiger partial charge < -0.3 is 4.74 Å². The lowest BCUT2D eigenvalue weighted by Crippen LogP contribution is -2.74. The largest absolute Gasteiger partial charge is 0.460 e. The van der Waals surface area contributed by atoms with Gasteiger partial charge in [-0.2, -0.15) is 83.1 Å². The highest BCUT2D eigenvalue weighted by atomic mass is 32.3. The molecule has 0 aromatic carbocycles. The summed E-state index contributed by atoms with van der Waals surface area (Å²) in [5.41, 5.74) is 0. The lowest BCUT2D eigenvalue weighted by molar-refractivity contribution is -0.459. The quantitative estimate of drug-likeness (QED) is 0.133. The summed E-state index contributed by atoms with van der Waals surface area (Å²) in [6.45, 7) is -3.42. The smallest absolute Gasteiger partial charge is 0.375 e. The molecule has 23 heteroatoms. The van der Waals surface area contributed by atoms with E-state index in [0.717, 1.165) is 0 Å². The number of halogens is 17. The van der Waals surface area contributed by atoms with E-state index in [4.69, 9.17) is 4.55 Å². The summed E-state index contributed by atoms with van der Waals surface area (Å²) in [4.78, 5) is 0. The summed E-state index contributed by atoms with van der Waals surface area (Å²) in [6.07, 6.45) is -9.69. The Morgan fingerprint density at radius 3 is 1.31 bits per heavy atom. The average Bonchev–Trinajstić information content (AvgIpc) is 2.64. The Labute approximate surface area is 187 Å². The van der Waals surface area contributed by atoms with E-state index in [1.54, 1.807) is 0 Å². The molecule has 216 valence electrons. The SMILES string of the molecule is O=S(=O)(O)OCCOC/C=C/C(F)(F)C(F)(F)C(F)(F)C(F)(F)C(F)(F)C(F)(F)C(F)(F)C(F)(F)F. The number of rotatable bonds is 13. The summed E-state index contributed by atoms with van der Waals surface area (Å²) >= 11 is 0. The summed E-state index contributed by atoms with van der Waals surface area (Å²) in [5.74, 6) is -57.1. The Morgan fingerprint density at radius 2 is 0.944 bits per heavy atom. The molecule has 0 aliphatic rings. The molecule has 1 N–H and O–H groups in total. The van der Waals surface area contributed by atoms with Gasteiger partial charge in [0.15, 0.2) is 0 Å². The summed E-state index contributed by atoms with van der Waals surface area (Å²) in [5, 5.41) is 0. The Morgan fingerprint density at radius 1 is 0.583 bits per heavy atom. The minimum atomic E-state index is -8.71. The highest BCUT2D eigenvalue weighted by molar-refractivity contribution is 7.80. The second kappa shape index (κ2) is 9.93. The van der Waals surface area contributed by atoms with E-state index < -0.39 is 90.0 Å². The zero-order chi connectivity index (χ0) is 29.4. The summed E-state index contributed by atoms with van der Waals surface area (Å²) in [7, 11) is -5.03. The molecule has 0 fully saturated rings. The van der Waals surface area contributed by atoms with E-state index in [1.807, 2.05) is 0 Å². The van der Waals surface area contributed by atoms with Crippen LogP contribution in [0, 0.1) is 0 Å². The first-order valence-electron chi connectivity index (χ1n) is 8.04.